The van der Waals surface area contributed by atoms with E-state index in [4.69, 9.17) is 4.74 Å². The summed E-state index contributed by atoms with van der Waals surface area (Å²) in [5, 5.41) is 20.0. The Hall–Kier alpha value is -4.35. The van der Waals surface area contributed by atoms with Crippen molar-refractivity contribution in [2.45, 2.75) is 25.2 Å². The highest BCUT2D eigenvalue weighted by Crippen LogP contribution is 2.34. The zero-order valence-corrected chi connectivity index (χ0v) is 21.0. The quantitative estimate of drug-likeness (QED) is 0.262. The van der Waals surface area contributed by atoms with Crippen LogP contribution in [0.15, 0.2) is 79.8 Å². The minimum Gasteiger partial charge on any atom is -0.383 e. The lowest BCUT2D eigenvalue weighted by Crippen LogP contribution is -2.34. The summed E-state index contributed by atoms with van der Waals surface area (Å²) >= 11 is 0. The SMILES string of the molecule is Cn1cc(-c2ccncc2COCC[C@](O)(Cn2cncn2)c2ccc(F)cc2F)c(-c2ccc(F)cc2)n1. The molecule has 200 valence electrons. The number of aryl methyl sites for hydroxylation is 1. The van der Waals surface area contributed by atoms with Crippen molar-refractivity contribution in [3.63, 3.8) is 0 Å². The lowest BCUT2D eigenvalue weighted by molar-refractivity contribution is -0.0257. The predicted molar refractivity (Wildman–Crippen MR) is 136 cm³/mol. The molecule has 0 aliphatic heterocycles. The highest BCUT2D eigenvalue weighted by molar-refractivity contribution is 5.81. The molecule has 8 nitrogen and oxygen atoms in total. The van der Waals surface area contributed by atoms with Gasteiger partial charge < -0.3 is 9.84 Å². The van der Waals surface area contributed by atoms with E-state index >= 15 is 0 Å². The van der Waals surface area contributed by atoms with Crippen LogP contribution in [-0.4, -0.2) is 41.2 Å². The number of rotatable bonds is 10. The van der Waals surface area contributed by atoms with Gasteiger partial charge in [-0.1, -0.05) is 6.07 Å². The van der Waals surface area contributed by atoms with Gasteiger partial charge in [-0.3, -0.25) is 9.67 Å². The van der Waals surface area contributed by atoms with Gasteiger partial charge in [0.05, 0.1) is 19.8 Å². The number of hydrogen-bond donors (Lipinski definition) is 1. The van der Waals surface area contributed by atoms with Crippen molar-refractivity contribution in [3.8, 4) is 22.4 Å². The topological polar surface area (TPSA) is 90.9 Å². The van der Waals surface area contributed by atoms with E-state index in [1.165, 1.54) is 35.5 Å². The Balaban J connectivity index is 1.35. The number of hydrogen-bond acceptors (Lipinski definition) is 6. The molecule has 3 aromatic heterocycles. The minimum absolute atomic E-state index is 0.00126. The number of aromatic nitrogens is 6. The van der Waals surface area contributed by atoms with Crippen LogP contribution in [0.25, 0.3) is 22.4 Å². The van der Waals surface area contributed by atoms with Crippen LogP contribution in [0.1, 0.15) is 17.5 Å². The molecule has 0 fully saturated rings. The standard InChI is InChI=1S/C28H25F3N6O2/c1-36-14-24(27(35-36)19-2-4-21(29)5-3-19)23-8-10-32-13-20(23)15-39-11-9-28(38,16-37-18-33-17-34-37)25-7-6-22(30)12-26(25)31/h2-8,10,12-14,17-18,38H,9,11,15-16H2,1H3/t28-/m0/s1. The first-order valence-corrected chi connectivity index (χ1v) is 12.1. The molecule has 1 atom stereocenters. The fourth-order valence-electron chi connectivity index (χ4n) is 4.48. The Kier molecular flexibility index (Phi) is 7.53. The third-order valence-corrected chi connectivity index (χ3v) is 6.38. The van der Waals surface area contributed by atoms with E-state index in [0.717, 1.165) is 34.4 Å². The van der Waals surface area contributed by atoms with Crippen LogP contribution < -0.4 is 0 Å². The Bertz CT molecular complexity index is 1560. The molecule has 11 heteroatoms. The lowest BCUT2D eigenvalue weighted by Gasteiger charge is -2.29. The molecule has 0 unspecified atom stereocenters. The monoisotopic (exact) mass is 534 g/mol. The van der Waals surface area contributed by atoms with Gasteiger partial charge in [0.15, 0.2) is 0 Å². The highest BCUT2D eigenvalue weighted by atomic mass is 19.1. The Morgan fingerprint density at radius 2 is 1.77 bits per heavy atom. The Labute approximate surface area is 222 Å². The van der Waals surface area contributed by atoms with Gasteiger partial charge in [0.25, 0.3) is 0 Å². The van der Waals surface area contributed by atoms with Crippen molar-refractivity contribution < 1.29 is 23.0 Å². The molecule has 0 amide bonds. The van der Waals surface area contributed by atoms with Gasteiger partial charge in [-0.2, -0.15) is 10.2 Å². The maximum absolute atomic E-state index is 14.7. The number of aliphatic hydroxyl groups is 1. The largest absolute Gasteiger partial charge is 0.383 e. The van der Waals surface area contributed by atoms with Gasteiger partial charge >= 0.3 is 0 Å². The zero-order valence-electron chi connectivity index (χ0n) is 21.0. The molecule has 0 aliphatic rings. The summed E-state index contributed by atoms with van der Waals surface area (Å²) in [6.07, 6.45) is 7.92. The molecule has 39 heavy (non-hydrogen) atoms. The summed E-state index contributed by atoms with van der Waals surface area (Å²) in [6.45, 7) is 0.0915. The van der Waals surface area contributed by atoms with Gasteiger partial charge in [-0.05, 0) is 42.0 Å². The zero-order chi connectivity index (χ0) is 27.4. The van der Waals surface area contributed by atoms with Crippen molar-refractivity contribution in [2.24, 2.45) is 7.05 Å². The van der Waals surface area contributed by atoms with Crippen molar-refractivity contribution >= 4 is 0 Å². The number of halogens is 3. The van der Waals surface area contributed by atoms with Crippen LogP contribution in [-0.2, 0) is 30.5 Å². The molecule has 0 aliphatic carbocycles. The molecular weight excluding hydrogens is 509 g/mol. The molecule has 0 saturated carbocycles. The summed E-state index contributed by atoms with van der Waals surface area (Å²) in [5.74, 6) is -1.94. The van der Waals surface area contributed by atoms with Gasteiger partial charge in [-0.25, -0.2) is 22.8 Å². The van der Waals surface area contributed by atoms with Crippen molar-refractivity contribution in [3.05, 3.63) is 108 Å². The normalized spacial score (nSPS) is 12.9. The summed E-state index contributed by atoms with van der Waals surface area (Å²) in [7, 11) is 1.80. The summed E-state index contributed by atoms with van der Waals surface area (Å²) in [4.78, 5) is 8.10. The average Bonchev–Trinajstić information content (AvgIpc) is 3.56. The fraction of sp³-hybridized carbons (Fsp3) is 0.214. The van der Waals surface area contributed by atoms with Crippen molar-refractivity contribution in [1.82, 2.24) is 29.5 Å². The van der Waals surface area contributed by atoms with Crippen LogP contribution in [0.3, 0.4) is 0 Å². The second-order valence-corrected chi connectivity index (χ2v) is 9.16. The molecule has 5 aromatic rings. The number of ether oxygens (including phenoxy) is 1. The molecule has 0 saturated heterocycles. The maximum Gasteiger partial charge on any atom is 0.137 e. The summed E-state index contributed by atoms with van der Waals surface area (Å²) < 4.78 is 50.7. The van der Waals surface area contributed by atoms with Crippen molar-refractivity contribution in [2.75, 3.05) is 6.61 Å². The lowest BCUT2D eigenvalue weighted by atomic mass is 9.90. The van der Waals surface area contributed by atoms with Crippen LogP contribution in [0.4, 0.5) is 13.2 Å². The smallest absolute Gasteiger partial charge is 0.137 e. The molecule has 5 rings (SSSR count). The van der Waals surface area contributed by atoms with Gasteiger partial charge in [-0.15, -0.1) is 0 Å². The first-order chi connectivity index (χ1) is 18.8. The van der Waals surface area contributed by atoms with E-state index in [1.54, 1.807) is 36.3 Å². The summed E-state index contributed by atoms with van der Waals surface area (Å²) in [6, 6.07) is 11.0. The van der Waals surface area contributed by atoms with E-state index < -0.39 is 17.2 Å². The van der Waals surface area contributed by atoms with Crippen LogP contribution in [0.2, 0.25) is 0 Å². The first-order valence-electron chi connectivity index (χ1n) is 12.1. The van der Waals surface area contributed by atoms with Gasteiger partial charge in [0.2, 0.25) is 0 Å². The second-order valence-electron chi connectivity index (χ2n) is 9.16. The molecule has 0 spiro atoms. The Morgan fingerprint density at radius 1 is 0.974 bits per heavy atom. The average molecular weight is 535 g/mol. The van der Waals surface area contributed by atoms with Crippen LogP contribution in [0, 0.1) is 17.5 Å². The maximum atomic E-state index is 14.7. The highest BCUT2D eigenvalue weighted by Gasteiger charge is 2.33. The van der Waals surface area contributed by atoms with Crippen LogP contribution in [0.5, 0.6) is 0 Å². The third kappa shape index (κ3) is 5.89. The van der Waals surface area contributed by atoms with E-state index in [9.17, 15) is 18.3 Å². The fourth-order valence-corrected chi connectivity index (χ4v) is 4.48. The van der Waals surface area contributed by atoms with E-state index in [0.29, 0.717) is 5.69 Å². The van der Waals surface area contributed by atoms with E-state index in [2.05, 4.69) is 20.2 Å². The predicted octanol–water partition coefficient (Wildman–Crippen LogP) is 4.65. The molecule has 1 N–H and O–H groups in total. The molecule has 0 bridgehead atoms. The van der Waals surface area contributed by atoms with Crippen LogP contribution >= 0.6 is 0 Å². The van der Waals surface area contributed by atoms with Gasteiger partial charge in [0.1, 0.15) is 41.4 Å². The molecule has 3 heterocycles. The van der Waals surface area contributed by atoms with Gasteiger partial charge in [0, 0.05) is 60.4 Å². The summed E-state index contributed by atoms with van der Waals surface area (Å²) in [5.41, 5.74) is 2.06. The molecular formula is C28H25F3N6O2. The van der Waals surface area contributed by atoms with E-state index in [-0.39, 0.29) is 37.6 Å². The molecule has 2 aromatic carbocycles. The Morgan fingerprint density at radius 3 is 2.51 bits per heavy atom. The van der Waals surface area contributed by atoms with E-state index in [1.807, 2.05) is 12.3 Å². The first kappa shape index (κ1) is 26.3. The minimum atomic E-state index is -1.73. The number of nitrogens with zero attached hydrogens (tertiary/aromatic N) is 6. The number of pyridine rings is 1. The molecule has 0 radical (unpaired) electrons. The number of benzene rings is 2. The third-order valence-electron chi connectivity index (χ3n) is 6.38. The van der Waals surface area contributed by atoms with Crippen molar-refractivity contribution in [1.29, 1.82) is 0 Å². The second kappa shape index (κ2) is 11.2.